The minimum atomic E-state index is -0.396. The molecule has 0 saturated carbocycles. The third-order valence-corrected chi connectivity index (χ3v) is 5.53. The average molecular weight is 463 g/mol. The Balaban J connectivity index is 1.68. The third-order valence-electron chi connectivity index (χ3n) is 4.83. The van der Waals surface area contributed by atoms with Gasteiger partial charge in [-0.25, -0.2) is 0 Å². The van der Waals surface area contributed by atoms with Crippen molar-refractivity contribution in [1.82, 2.24) is 4.90 Å². The Hall–Kier alpha value is -2.65. The van der Waals surface area contributed by atoms with Crippen molar-refractivity contribution in [1.29, 1.82) is 0 Å². The maximum Gasteiger partial charge on any atom is 0.292 e. The van der Waals surface area contributed by atoms with Crippen LogP contribution in [0.15, 0.2) is 46.9 Å². The Kier molecular flexibility index (Phi) is 7.05. The van der Waals surface area contributed by atoms with E-state index in [1.165, 1.54) is 6.07 Å². The summed E-state index contributed by atoms with van der Waals surface area (Å²) >= 11 is 3.44. The molecule has 0 atom stereocenters. The van der Waals surface area contributed by atoms with Crippen LogP contribution in [0, 0.1) is 10.1 Å². The quantitative estimate of drug-likeness (QED) is 0.385. The van der Waals surface area contributed by atoms with Crippen molar-refractivity contribution in [3.05, 3.63) is 62.6 Å². The van der Waals surface area contributed by atoms with Crippen molar-refractivity contribution in [2.45, 2.75) is 0 Å². The predicted octanol–water partition coefficient (Wildman–Crippen LogP) is 3.38. The normalized spacial score (nSPS) is 14.0. The van der Waals surface area contributed by atoms with E-state index < -0.39 is 4.92 Å². The van der Waals surface area contributed by atoms with Crippen LogP contribution in [0.3, 0.4) is 0 Å². The van der Waals surface area contributed by atoms with Crippen molar-refractivity contribution in [2.75, 3.05) is 56.7 Å². The Morgan fingerprint density at radius 3 is 2.59 bits per heavy atom. The number of hydrogen-bond acceptors (Lipinski definition) is 6. The minimum Gasteiger partial charge on any atom is -0.383 e. The number of carbonyl (C=O) groups excluding carboxylic acids is 1. The summed E-state index contributed by atoms with van der Waals surface area (Å²) in [5.74, 6) is 0.00254. The number of benzene rings is 2. The molecule has 1 amide bonds. The Labute approximate surface area is 177 Å². The highest BCUT2D eigenvalue weighted by Gasteiger charge is 2.24. The zero-order chi connectivity index (χ0) is 20.8. The van der Waals surface area contributed by atoms with E-state index in [9.17, 15) is 14.9 Å². The number of nitrogens with one attached hydrogen (secondary N) is 1. The van der Waals surface area contributed by atoms with Crippen LogP contribution in [0.5, 0.6) is 0 Å². The van der Waals surface area contributed by atoms with Crippen LogP contribution in [0.4, 0.5) is 17.1 Å². The maximum atomic E-state index is 12.8. The number of hydrogen-bond donors (Lipinski definition) is 1. The smallest absolute Gasteiger partial charge is 0.292 e. The van der Waals surface area contributed by atoms with Gasteiger partial charge < -0.3 is 19.9 Å². The summed E-state index contributed by atoms with van der Waals surface area (Å²) in [6.45, 7) is 3.43. The van der Waals surface area contributed by atoms with E-state index in [1.807, 2.05) is 29.2 Å². The van der Waals surface area contributed by atoms with Gasteiger partial charge in [0.1, 0.15) is 5.69 Å². The fourth-order valence-corrected chi connectivity index (χ4v) is 3.74. The summed E-state index contributed by atoms with van der Waals surface area (Å²) in [5, 5.41) is 14.4. The van der Waals surface area contributed by atoms with Crippen LogP contribution in [0.25, 0.3) is 0 Å². The van der Waals surface area contributed by atoms with Gasteiger partial charge in [-0.3, -0.25) is 14.9 Å². The fraction of sp³-hybridized carbons (Fsp3) is 0.350. The fourth-order valence-electron chi connectivity index (χ4n) is 3.28. The summed E-state index contributed by atoms with van der Waals surface area (Å²) in [7, 11) is 1.58. The number of carbonyl (C=O) groups is 1. The lowest BCUT2D eigenvalue weighted by Gasteiger charge is -2.36. The van der Waals surface area contributed by atoms with Gasteiger partial charge in [0.15, 0.2) is 0 Å². The molecular formula is C20H23BrN4O4. The second-order valence-electron chi connectivity index (χ2n) is 6.64. The Bertz CT molecular complexity index is 885. The summed E-state index contributed by atoms with van der Waals surface area (Å²) in [6, 6.07) is 12.5. The number of nitro benzene ring substituents is 1. The number of piperazine rings is 1. The van der Waals surface area contributed by atoms with Crippen LogP contribution in [-0.2, 0) is 4.74 Å². The molecule has 2 aromatic rings. The lowest BCUT2D eigenvalue weighted by atomic mass is 10.1. The standard InChI is InChI=1S/C20H23BrN4O4/c1-29-13-8-22-18-14-15(6-7-19(18)25(27)28)23-9-11-24(12-10-23)20(26)16-4-2-3-5-17(16)21/h2-7,14,22H,8-13H2,1H3. The number of rotatable bonds is 7. The number of anilines is 2. The lowest BCUT2D eigenvalue weighted by Crippen LogP contribution is -2.48. The summed E-state index contributed by atoms with van der Waals surface area (Å²) in [6.07, 6.45) is 0. The SMILES string of the molecule is COCCNc1cc(N2CCN(C(=O)c3ccccc3Br)CC2)ccc1[N+](=O)[O-]. The number of nitrogens with zero attached hydrogens (tertiary/aromatic N) is 3. The van der Waals surface area contributed by atoms with Gasteiger partial charge in [0.05, 0.1) is 17.1 Å². The number of nitro groups is 1. The molecule has 1 N–H and O–H groups in total. The van der Waals surface area contributed by atoms with Gasteiger partial charge in [0.2, 0.25) is 0 Å². The van der Waals surface area contributed by atoms with Crippen molar-refractivity contribution < 1.29 is 14.5 Å². The van der Waals surface area contributed by atoms with E-state index >= 15 is 0 Å². The zero-order valence-electron chi connectivity index (χ0n) is 16.1. The first kappa shape index (κ1) is 21.1. The molecule has 2 aromatic carbocycles. The van der Waals surface area contributed by atoms with Crippen LogP contribution in [0.1, 0.15) is 10.4 Å². The molecule has 154 valence electrons. The molecule has 1 aliphatic rings. The Morgan fingerprint density at radius 1 is 1.21 bits per heavy atom. The van der Waals surface area contributed by atoms with Gasteiger partial charge in [0, 0.05) is 56.1 Å². The van der Waals surface area contributed by atoms with E-state index in [1.54, 1.807) is 19.2 Å². The molecule has 1 saturated heterocycles. The highest BCUT2D eigenvalue weighted by atomic mass is 79.9. The predicted molar refractivity (Wildman–Crippen MR) is 116 cm³/mol. The van der Waals surface area contributed by atoms with Gasteiger partial charge >= 0.3 is 0 Å². The highest BCUT2D eigenvalue weighted by molar-refractivity contribution is 9.10. The first-order valence-corrected chi connectivity index (χ1v) is 10.1. The van der Waals surface area contributed by atoms with Gasteiger partial charge in [0.25, 0.3) is 11.6 Å². The molecule has 29 heavy (non-hydrogen) atoms. The number of ether oxygens (including phenoxy) is 1. The van der Waals surface area contributed by atoms with E-state index in [4.69, 9.17) is 4.74 Å². The van der Waals surface area contributed by atoms with Crippen molar-refractivity contribution >= 4 is 38.9 Å². The monoisotopic (exact) mass is 462 g/mol. The van der Waals surface area contributed by atoms with E-state index in [-0.39, 0.29) is 11.6 Å². The van der Waals surface area contributed by atoms with Crippen molar-refractivity contribution in [3.8, 4) is 0 Å². The minimum absolute atomic E-state index is 0.00254. The first-order chi connectivity index (χ1) is 14.0. The molecule has 0 aliphatic carbocycles. The van der Waals surface area contributed by atoms with Gasteiger partial charge in [-0.15, -0.1) is 0 Å². The largest absolute Gasteiger partial charge is 0.383 e. The number of halogens is 1. The first-order valence-electron chi connectivity index (χ1n) is 9.31. The second-order valence-corrected chi connectivity index (χ2v) is 7.49. The average Bonchev–Trinajstić information content (AvgIpc) is 2.74. The molecule has 3 rings (SSSR count). The molecule has 0 spiro atoms. The molecule has 9 heteroatoms. The van der Waals surface area contributed by atoms with E-state index in [0.717, 1.165) is 10.2 Å². The van der Waals surface area contributed by atoms with Crippen LogP contribution in [0.2, 0.25) is 0 Å². The molecule has 8 nitrogen and oxygen atoms in total. The van der Waals surface area contributed by atoms with Crippen molar-refractivity contribution in [2.24, 2.45) is 0 Å². The molecular weight excluding hydrogens is 440 g/mol. The van der Waals surface area contributed by atoms with Crippen LogP contribution >= 0.6 is 15.9 Å². The van der Waals surface area contributed by atoms with E-state index in [0.29, 0.717) is 50.6 Å². The Morgan fingerprint density at radius 2 is 1.93 bits per heavy atom. The second kappa shape index (κ2) is 9.71. The van der Waals surface area contributed by atoms with Crippen LogP contribution < -0.4 is 10.2 Å². The molecule has 0 unspecified atom stereocenters. The van der Waals surface area contributed by atoms with Crippen molar-refractivity contribution in [3.63, 3.8) is 0 Å². The molecule has 0 aromatic heterocycles. The molecule has 1 fully saturated rings. The summed E-state index contributed by atoms with van der Waals surface area (Å²) in [5.41, 5.74) is 2.05. The van der Waals surface area contributed by atoms with Gasteiger partial charge in [-0.1, -0.05) is 12.1 Å². The summed E-state index contributed by atoms with van der Waals surface area (Å²) in [4.78, 5) is 27.6. The molecule has 1 aliphatic heterocycles. The highest BCUT2D eigenvalue weighted by Crippen LogP contribution is 2.30. The van der Waals surface area contributed by atoms with Gasteiger partial charge in [-0.05, 0) is 40.2 Å². The molecule has 1 heterocycles. The third kappa shape index (κ3) is 5.04. The number of amides is 1. The van der Waals surface area contributed by atoms with Crippen LogP contribution in [-0.4, -0.2) is 62.2 Å². The number of methoxy groups -OCH3 is 1. The molecule has 0 bridgehead atoms. The summed E-state index contributed by atoms with van der Waals surface area (Å²) < 4.78 is 5.79. The lowest BCUT2D eigenvalue weighted by molar-refractivity contribution is -0.383. The topological polar surface area (TPSA) is 88.0 Å². The zero-order valence-corrected chi connectivity index (χ0v) is 17.7. The molecule has 0 radical (unpaired) electrons. The maximum absolute atomic E-state index is 12.8. The van der Waals surface area contributed by atoms with Gasteiger partial charge in [-0.2, -0.15) is 0 Å². The van der Waals surface area contributed by atoms with E-state index in [2.05, 4.69) is 26.1 Å².